The molecule has 0 aliphatic carbocycles. The van der Waals surface area contributed by atoms with Gasteiger partial charge >= 0.3 is 0 Å². The third-order valence-electron chi connectivity index (χ3n) is 3.83. The van der Waals surface area contributed by atoms with Gasteiger partial charge in [0.25, 0.3) is 0 Å². The number of aliphatic hydroxyl groups excluding tert-OH is 1. The Hall–Kier alpha value is -3.16. The van der Waals surface area contributed by atoms with Gasteiger partial charge in [0.15, 0.2) is 5.65 Å². The van der Waals surface area contributed by atoms with Crippen molar-refractivity contribution in [3.63, 3.8) is 0 Å². The molecular formula is C18H14ClN5O2. The van der Waals surface area contributed by atoms with E-state index in [1.54, 1.807) is 41.2 Å². The molecule has 4 aromatic rings. The van der Waals surface area contributed by atoms with Gasteiger partial charge in [-0.25, -0.2) is 4.52 Å². The summed E-state index contributed by atoms with van der Waals surface area (Å²) < 4.78 is 1.63. The van der Waals surface area contributed by atoms with Crippen LogP contribution in [0.1, 0.15) is 5.69 Å². The smallest absolute Gasteiger partial charge is 0.247 e. The van der Waals surface area contributed by atoms with E-state index in [1.807, 2.05) is 12.1 Å². The zero-order valence-corrected chi connectivity index (χ0v) is 14.2. The lowest BCUT2D eigenvalue weighted by Gasteiger charge is -2.05. The van der Waals surface area contributed by atoms with Crippen molar-refractivity contribution in [3.05, 3.63) is 65.6 Å². The second-order valence-electron chi connectivity index (χ2n) is 5.64. The topological polar surface area (TPSA) is 95.6 Å². The molecule has 0 aliphatic rings. The zero-order valence-electron chi connectivity index (χ0n) is 13.5. The number of hydrogen-bond donors (Lipinski definition) is 3. The molecule has 8 heteroatoms. The number of aromatic nitrogens is 4. The fraction of sp³-hybridized carbons (Fsp3) is 0.0556. The second kappa shape index (κ2) is 6.62. The maximum atomic E-state index is 9.69. The number of phenolic OH excluding ortho intramolecular Hbond substituents is 1. The first-order chi connectivity index (χ1) is 12.6. The molecule has 3 N–H and O–H groups in total. The fourth-order valence-corrected chi connectivity index (χ4v) is 2.78. The molecule has 0 fully saturated rings. The van der Waals surface area contributed by atoms with Gasteiger partial charge in [0.1, 0.15) is 5.75 Å². The van der Waals surface area contributed by atoms with Crippen LogP contribution in [0.15, 0.2) is 54.9 Å². The van der Waals surface area contributed by atoms with Crippen molar-refractivity contribution in [1.82, 2.24) is 19.6 Å². The van der Waals surface area contributed by atoms with Crippen LogP contribution in [-0.2, 0) is 6.61 Å². The number of benzene rings is 1. The molecule has 0 saturated heterocycles. The molecule has 0 saturated carbocycles. The predicted molar refractivity (Wildman–Crippen MR) is 98.5 cm³/mol. The Bertz CT molecular complexity index is 1080. The van der Waals surface area contributed by atoms with E-state index >= 15 is 0 Å². The first-order valence-electron chi connectivity index (χ1n) is 7.80. The second-order valence-corrected chi connectivity index (χ2v) is 6.05. The SMILES string of the molecule is OCc1ccc(Nc2nc3ccc(-c4cc(O)ccc4Cl)cn3n2)cn1. The van der Waals surface area contributed by atoms with Gasteiger partial charge in [0.05, 0.1) is 24.2 Å². The molecule has 3 heterocycles. The van der Waals surface area contributed by atoms with E-state index in [4.69, 9.17) is 16.7 Å². The molecular weight excluding hydrogens is 354 g/mol. The molecule has 0 radical (unpaired) electrons. The third-order valence-corrected chi connectivity index (χ3v) is 4.16. The summed E-state index contributed by atoms with van der Waals surface area (Å²) in [4.78, 5) is 8.51. The van der Waals surface area contributed by atoms with Crippen LogP contribution in [0.3, 0.4) is 0 Å². The van der Waals surface area contributed by atoms with E-state index in [0.717, 1.165) is 5.56 Å². The van der Waals surface area contributed by atoms with Crippen LogP contribution in [0.2, 0.25) is 5.02 Å². The van der Waals surface area contributed by atoms with Crippen LogP contribution >= 0.6 is 11.6 Å². The Kier molecular flexibility index (Phi) is 4.16. The molecule has 4 rings (SSSR count). The highest BCUT2D eigenvalue weighted by atomic mass is 35.5. The number of nitrogens with zero attached hydrogens (tertiary/aromatic N) is 4. The summed E-state index contributed by atoms with van der Waals surface area (Å²) in [7, 11) is 0. The number of nitrogens with one attached hydrogen (secondary N) is 1. The summed E-state index contributed by atoms with van der Waals surface area (Å²) in [6, 6.07) is 12.0. The van der Waals surface area contributed by atoms with E-state index in [-0.39, 0.29) is 12.4 Å². The van der Waals surface area contributed by atoms with E-state index in [0.29, 0.717) is 33.6 Å². The van der Waals surface area contributed by atoms with Crippen molar-refractivity contribution in [2.75, 3.05) is 5.32 Å². The van der Waals surface area contributed by atoms with E-state index in [2.05, 4.69) is 20.4 Å². The molecule has 0 bridgehead atoms. The molecule has 1 aromatic carbocycles. The number of anilines is 2. The van der Waals surface area contributed by atoms with E-state index in [9.17, 15) is 5.11 Å². The third kappa shape index (κ3) is 3.17. The van der Waals surface area contributed by atoms with Gasteiger partial charge in [-0.3, -0.25) is 4.98 Å². The number of aromatic hydroxyl groups is 1. The maximum absolute atomic E-state index is 9.69. The number of fused-ring (bicyclic) bond motifs is 1. The monoisotopic (exact) mass is 367 g/mol. The average molecular weight is 368 g/mol. The van der Waals surface area contributed by atoms with Crippen LogP contribution < -0.4 is 5.32 Å². The minimum atomic E-state index is -0.104. The Morgan fingerprint density at radius 2 is 2.00 bits per heavy atom. The lowest BCUT2D eigenvalue weighted by atomic mass is 10.1. The highest BCUT2D eigenvalue weighted by Gasteiger charge is 2.09. The number of halogens is 1. The maximum Gasteiger partial charge on any atom is 0.247 e. The Morgan fingerprint density at radius 3 is 2.77 bits per heavy atom. The van der Waals surface area contributed by atoms with Crippen molar-refractivity contribution in [2.24, 2.45) is 0 Å². The molecule has 3 aromatic heterocycles. The first-order valence-corrected chi connectivity index (χ1v) is 8.18. The Balaban J connectivity index is 1.66. The van der Waals surface area contributed by atoms with Crippen LogP contribution in [-0.4, -0.2) is 29.8 Å². The summed E-state index contributed by atoms with van der Waals surface area (Å²) in [6.45, 7) is -0.104. The zero-order chi connectivity index (χ0) is 18.1. The Labute approximate surface area is 153 Å². The van der Waals surface area contributed by atoms with Gasteiger partial charge in [0.2, 0.25) is 5.95 Å². The normalized spacial score (nSPS) is 11.0. The number of phenols is 1. The van der Waals surface area contributed by atoms with Gasteiger partial charge in [-0.15, -0.1) is 5.10 Å². The van der Waals surface area contributed by atoms with E-state index in [1.165, 1.54) is 6.07 Å². The molecule has 0 atom stereocenters. The molecule has 0 aliphatic heterocycles. The summed E-state index contributed by atoms with van der Waals surface area (Å²) in [5.74, 6) is 0.562. The lowest BCUT2D eigenvalue weighted by molar-refractivity contribution is 0.277. The largest absolute Gasteiger partial charge is 0.508 e. The number of aliphatic hydroxyl groups is 1. The molecule has 130 valence electrons. The quantitative estimate of drug-likeness (QED) is 0.511. The minimum absolute atomic E-state index is 0.104. The first kappa shape index (κ1) is 16.3. The van der Waals surface area contributed by atoms with Crippen molar-refractivity contribution >= 4 is 28.9 Å². The summed E-state index contributed by atoms with van der Waals surface area (Å²) >= 11 is 6.23. The molecule has 0 spiro atoms. The van der Waals surface area contributed by atoms with Gasteiger partial charge in [0, 0.05) is 22.3 Å². The lowest BCUT2D eigenvalue weighted by Crippen LogP contribution is -1.95. The van der Waals surface area contributed by atoms with Crippen LogP contribution in [0.4, 0.5) is 11.6 Å². The summed E-state index contributed by atoms with van der Waals surface area (Å²) in [5.41, 5.74) is 3.49. The summed E-state index contributed by atoms with van der Waals surface area (Å²) in [5, 5.41) is 26.7. The van der Waals surface area contributed by atoms with Gasteiger partial charge in [-0.1, -0.05) is 11.6 Å². The predicted octanol–water partition coefficient (Wildman–Crippen LogP) is 3.39. The fourth-order valence-electron chi connectivity index (χ4n) is 2.55. The highest BCUT2D eigenvalue weighted by Crippen LogP contribution is 2.31. The molecule has 0 unspecified atom stereocenters. The summed E-state index contributed by atoms with van der Waals surface area (Å²) in [6.07, 6.45) is 3.40. The standard InChI is InChI=1S/C18H14ClN5O2/c19-16-5-4-14(26)7-15(16)11-1-6-17-22-18(23-24(17)9-11)21-12-2-3-13(10-25)20-8-12/h1-9,25-26H,10H2,(H,21,23). The average Bonchev–Trinajstić information content (AvgIpc) is 3.05. The number of hydrogen-bond acceptors (Lipinski definition) is 6. The number of pyridine rings is 2. The minimum Gasteiger partial charge on any atom is -0.508 e. The van der Waals surface area contributed by atoms with Crippen LogP contribution in [0.5, 0.6) is 5.75 Å². The molecule has 0 amide bonds. The number of rotatable bonds is 4. The van der Waals surface area contributed by atoms with Crippen molar-refractivity contribution < 1.29 is 10.2 Å². The van der Waals surface area contributed by atoms with E-state index < -0.39 is 0 Å². The van der Waals surface area contributed by atoms with Gasteiger partial charge in [-0.05, 0) is 42.5 Å². The molecule has 26 heavy (non-hydrogen) atoms. The van der Waals surface area contributed by atoms with Gasteiger partial charge < -0.3 is 15.5 Å². The highest BCUT2D eigenvalue weighted by molar-refractivity contribution is 6.33. The molecule has 7 nitrogen and oxygen atoms in total. The van der Waals surface area contributed by atoms with Crippen LogP contribution in [0, 0.1) is 0 Å². The van der Waals surface area contributed by atoms with Crippen LogP contribution in [0.25, 0.3) is 16.8 Å². The Morgan fingerprint density at radius 1 is 1.12 bits per heavy atom. The van der Waals surface area contributed by atoms with Crippen molar-refractivity contribution in [3.8, 4) is 16.9 Å². The van der Waals surface area contributed by atoms with Crippen molar-refractivity contribution in [1.29, 1.82) is 0 Å². The van der Waals surface area contributed by atoms with Gasteiger partial charge in [-0.2, -0.15) is 4.98 Å². The van der Waals surface area contributed by atoms with Crippen molar-refractivity contribution in [2.45, 2.75) is 6.61 Å².